The highest BCUT2D eigenvalue weighted by molar-refractivity contribution is 9.11. The standard InChI is InChI=1S/C16H11Br2NO3S/c1-2-21-14-10(17)6-9(7-11(14)18)8-12-16(20)22-15(19-12)13-4-3-5-23-13/h3-8H,2H2,1H3. The first kappa shape index (κ1) is 16.4. The number of hydrogen-bond acceptors (Lipinski definition) is 5. The van der Waals surface area contributed by atoms with Gasteiger partial charge in [0.25, 0.3) is 0 Å². The molecule has 0 bridgehead atoms. The fourth-order valence-corrected chi connectivity index (χ4v) is 4.12. The summed E-state index contributed by atoms with van der Waals surface area (Å²) in [7, 11) is 0. The molecule has 0 saturated carbocycles. The van der Waals surface area contributed by atoms with Crippen molar-refractivity contribution in [1.82, 2.24) is 0 Å². The monoisotopic (exact) mass is 455 g/mol. The van der Waals surface area contributed by atoms with Crippen LogP contribution in [0.3, 0.4) is 0 Å². The minimum Gasteiger partial charge on any atom is -0.492 e. The van der Waals surface area contributed by atoms with Crippen molar-refractivity contribution < 1.29 is 14.3 Å². The van der Waals surface area contributed by atoms with E-state index in [0.717, 1.165) is 25.1 Å². The fraction of sp³-hybridized carbons (Fsp3) is 0.125. The Labute approximate surface area is 154 Å². The van der Waals surface area contributed by atoms with Crippen LogP contribution in [-0.2, 0) is 9.53 Å². The molecule has 1 aliphatic rings. The number of carbonyl (C=O) groups is 1. The van der Waals surface area contributed by atoms with E-state index in [4.69, 9.17) is 9.47 Å². The number of esters is 1. The molecule has 0 N–H and O–H groups in total. The Morgan fingerprint density at radius 2 is 2.09 bits per heavy atom. The van der Waals surface area contributed by atoms with E-state index in [1.54, 1.807) is 6.08 Å². The Kier molecular flexibility index (Phi) is 4.99. The van der Waals surface area contributed by atoms with E-state index in [1.165, 1.54) is 11.3 Å². The van der Waals surface area contributed by atoms with Gasteiger partial charge in [-0.2, -0.15) is 0 Å². The highest BCUT2D eigenvalue weighted by atomic mass is 79.9. The smallest absolute Gasteiger partial charge is 0.363 e. The number of hydrogen-bond donors (Lipinski definition) is 0. The largest absolute Gasteiger partial charge is 0.492 e. The molecule has 23 heavy (non-hydrogen) atoms. The van der Waals surface area contributed by atoms with Gasteiger partial charge in [0.05, 0.1) is 20.4 Å². The second kappa shape index (κ2) is 6.98. The number of cyclic esters (lactones) is 1. The van der Waals surface area contributed by atoms with Gasteiger partial charge in [-0.05, 0) is 74.0 Å². The number of nitrogens with zero attached hydrogens (tertiary/aromatic N) is 1. The third-order valence-corrected chi connectivity index (χ3v) is 5.00. The van der Waals surface area contributed by atoms with Gasteiger partial charge in [0.1, 0.15) is 5.75 Å². The summed E-state index contributed by atoms with van der Waals surface area (Å²) in [5.74, 6) is 0.626. The molecule has 0 saturated heterocycles. The summed E-state index contributed by atoms with van der Waals surface area (Å²) < 4.78 is 12.4. The van der Waals surface area contributed by atoms with Gasteiger partial charge in [-0.1, -0.05) is 6.07 Å². The predicted molar refractivity (Wildman–Crippen MR) is 97.9 cm³/mol. The molecule has 3 rings (SSSR count). The molecule has 118 valence electrons. The summed E-state index contributed by atoms with van der Waals surface area (Å²) in [5, 5.41) is 1.91. The summed E-state index contributed by atoms with van der Waals surface area (Å²) in [6.45, 7) is 2.49. The Bertz CT molecular complexity index is 790. The van der Waals surface area contributed by atoms with E-state index in [9.17, 15) is 4.79 Å². The van der Waals surface area contributed by atoms with Gasteiger partial charge in [-0.25, -0.2) is 9.79 Å². The molecular formula is C16H11Br2NO3S. The molecule has 2 aromatic rings. The molecule has 7 heteroatoms. The van der Waals surface area contributed by atoms with Crippen molar-refractivity contribution in [3.8, 4) is 5.75 Å². The molecule has 0 amide bonds. The summed E-state index contributed by atoms with van der Waals surface area (Å²) in [6.07, 6.45) is 1.69. The van der Waals surface area contributed by atoms with Crippen LogP contribution in [0.15, 0.2) is 49.3 Å². The van der Waals surface area contributed by atoms with Gasteiger partial charge < -0.3 is 9.47 Å². The zero-order chi connectivity index (χ0) is 16.4. The highest BCUT2D eigenvalue weighted by Crippen LogP contribution is 2.35. The number of ether oxygens (including phenoxy) is 2. The molecule has 0 fully saturated rings. The van der Waals surface area contributed by atoms with Crippen LogP contribution in [0.25, 0.3) is 6.08 Å². The lowest BCUT2D eigenvalue weighted by molar-refractivity contribution is -0.129. The van der Waals surface area contributed by atoms with Crippen molar-refractivity contribution in [3.05, 3.63) is 54.7 Å². The predicted octanol–water partition coefficient (Wildman–Crippen LogP) is 5.02. The average Bonchev–Trinajstić information content (AvgIpc) is 3.13. The van der Waals surface area contributed by atoms with E-state index >= 15 is 0 Å². The number of benzene rings is 1. The van der Waals surface area contributed by atoms with Crippen molar-refractivity contribution in [1.29, 1.82) is 0 Å². The second-order valence-corrected chi connectivity index (χ2v) is 7.22. The maximum absolute atomic E-state index is 12.0. The van der Waals surface area contributed by atoms with Crippen LogP contribution in [0.4, 0.5) is 0 Å². The van der Waals surface area contributed by atoms with Gasteiger partial charge in [-0.15, -0.1) is 11.3 Å². The molecule has 1 aromatic heterocycles. The van der Waals surface area contributed by atoms with Crippen molar-refractivity contribution in [2.24, 2.45) is 4.99 Å². The Morgan fingerprint density at radius 1 is 1.35 bits per heavy atom. The number of rotatable bonds is 4. The topological polar surface area (TPSA) is 47.9 Å². The quantitative estimate of drug-likeness (QED) is 0.479. The SMILES string of the molecule is CCOc1c(Br)cc(C=C2N=C(c3cccs3)OC2=O)cc1Br. The van der Waals surface area contributed by atoms with Crippen LogP contribution in [0.1, 0.15) is 17.4 Å². The van der Waals surface area contributed by atoms with Gasteiger partial charge >= 0.3 is 5.97 Å². The first-order chi connectivity index (χ1) is 11.1. The van der Waals surface area contributed by atoms with E-state index in [-0.39, 0.29) is 5.70 Å². The van der Waals surface area contributed by atoms with E-state index in [0.29, 0.717) is 12.5 Å². The van der Waals surface area contributed by atoms with Gasteiger partial charge in [-0.3, -0.25) is 0 Å². The number of thiophene rings is 1. The summed E-state index contributed by atoms with van der Waals surface area (Å²) in [4.78, 5) is 17.1. The molecular weight excluding hydrogens is 446 g/mol. The number of aliphatic imine (C=N–C) groups is 1. The lowest BCUT2D eigenvalue weighted by Crippen LogP contribution is -2.03. The van der Waals surface area contributed by atoms with Crippen molar-refractivity contribution in [3.63, 3.8) is 0 Å². The fourth-order valence-electron chi connectivity index (χ4n) is 2.02. The van der Waals surface area contributed by atoms with Gasteiger partial charge in [0.15, 0.2) is 5.70 Å². The summed E-state index contributed by atoms with van der Waals surface area (Å²) >= 11 is 8.42. The normalized spacial score (nSPS) is 15.7. The zero-order valence-electron chi connectivity index (χ0n) is 12.0. The van der Waals surface area contributed by atoms with Gasteiger partial charge in [0, 0.05) is 0 Å². The third kappa shape index (κ3) is 3.57. The maximum atomic E-state index is 12.0. The highest BCUT2D eigenvalue weighted by Gasteiger charge is 2.24. The molecule has 0 atom stereocenters. The van der Waals surface area contributed by atoms with E-state index in [2.05, 4.69) is 36.9 Å². The molecule has 2 heterocycles. The summed E-state index contributed by atoms with van der Waals surface area (Å²) in [5.41, 5.74) is 1.09. The molecule has 1 aliphatic heterocycles. The first-order valence-corrected chi connectivity index (χ1v) is 9.23. The van der Waals surface area contributed by atoms with Crippen LogP contribution >= 0.6 is 43.2 Å². The lowest BCUT2D eigenvalue weighted by Gasteiger charge is -2.09. The molecule has 4 nitrogen and oxygen atoms in total. The Balaban J connectivity index is 1.94. The van der Waals surface area contributed by atoms with Crippen LogP contribution in [-0.4, -0.2) is 18.5 Å². The van der Waals surface area contributed by atoms with Crippen LogP contribution in [0.2, 0.25) is 0 Å². The summed E-state index contributed by atoms with van der Waals surface area (Å²) in [6, 6.07) is 7.49. The third-order valence-electron chi connectivity index (χ3n) is 2.97. The van der Waals surface area contributed by atoms with Crippen LogP contribution < -0.4 is 4.74 Å². The minimum absolute atomic E-state index is 0.274. The van der Waals surface area contributed by atoms with E-state index < -0.39 is 5.97 Å². The minimum atomic E-state index is -0.450. The molecule has 1 aromatic carbocycles. The van der Waals surface area contributed by atoms with Crippen molar-refractivity contribution >= 4 is 61.1 Å². The number of carbonyl (C=O) groups excluding carboxylic acids is 1. The van der Waals surface area contributed by atoms with Crippen LogP contribution in [0.5, 0.6) is 5.75 Å². The molecule has 0 unspecified atom stereocenters. The van der Waals surface area contributed by atoms with Crippen molar-refractivity contribution in [2.45, 2.75) is 6.92 Å². The molecule has 0 spiro atoms. The zero-order valence-corrected chi connectivity index (χ0v) is 16.0. The number of halogens is 2. The van der Waals surface area contributed by atoms with Gasteiger partial charge in [0.2, 0.25) is 5.90 Å². The lowest BCUT2D eigenvalue weighted by atomic mass is 10.2. The van der Waals surface area contributed by atoms with Crippen LogP contribution in [0, 0.1) is 0 Å². The Hall–Kier alpha value is -1.44. The Morgan fingerprint density at radius 3 is 2.70 bits per heavy atom. The van der Waals surface area contributed by atoms with E-state index in [1.807, 2.05) is 36.6 Å². The average molecular weight is 457 g/mol. The molecule has 0 aliphatic carbocycles. The first-order valence-electron chi connectivity index (χ1n) is 6.76. The second-order valence-electron chi connectivity index (χ2n) is 4.56. The van der Waals surface area contributed by atoms with Crippen molar-refractivity contribution in [2.75, 3.05) is 6.61 Å². The molecule has 0 radical (unpaired) electrons. The maximum Gasteiger partial charge on any atom is 0.363 e.